The van der Waals surface area contributed by atoms with E-state index < -0.39 is 23.6 Å². The molecule has 2 aliphatic heterocycles. The Balaban J connectivity index is 1.52. The predicted octanol–water partition coefficient (Wildman–Crippen LogP) is 4.96. The van der Waals surface area contributed by atoms with Gasteiger partial charge in [-0.05, 0) is 53.9 Å². The molecule has 0 bridgehead atoms. The van der Waals surface area contributed by atoms with Crippen LogP contribution in [0.15, 0.2) is 60.7 Å². The van der Waals surface area contributed by atoms with Gasteiger partial charge >= 0.3 is 0 Å². The molecule has 32 heavy (non-hydrogen) atoms. The zero-order chi connectivity index (χ0) is 21.8. The van der Waals surface area contributed by atoms with Crippen LogP contribution in [0.25, 0.3) is 10.9 Å². The number of aromatic amines is 1. The van der Waals surface area contributed by atoms with E-state index in [1.165, 1.54) is 0 Å². The summed E-state index contributed by atoms with van der Waals surface area (Å²) in [6.45, 7) is 0.501. The third kappa shape index (κ3) is 2.85. The average Bonchev–Trinajstić information content (AvgIpc) is 3.43. The number of rotatable bonds is 2. The van der Waals surface area contributed by atoms with Gasteiger partial charge < -0.3 is 19.4 Å². The molecule has 5 nitrogen and oxygen atoms in total. The molecule has 6 rings (SSSR count). The number of nitrogens with zero attached hydrogens (tertiary/aromatic N) is 1. The molecule has 0 fully saturated rings. The van der Waals surface area contributed by atoms with Gasteiger partial charge in [0.25, 0.3) is 5.91 Å². The summed E-state index contributed by atoms with van der Waals surface area (Å²) in [6, 6.07) is 15.9. The Labute approximate surface area is 182 Å². The first-order chi connectivity index (χ1) is 15.6. The number of hydrogen-bond donors (Lipinski definition) is 1. The van der Waals surface area contributed by atoms with Crippen molar-refractivity contribution in [1.82, 2.24) is 9.88 Å². The molecule has 1 atom stereocenters. The number of carbonyl (C=O) groups is 1. The summed E-state index contributed by atoms with van der Waals surface area (Å²) in [5, 5.41) is 1.09. The second-order valence-electron chi connectivity index (χ2n) is 7.95. The summed E-state index contributed by atoms with van der Waals surface area (Å²) in [5.41, 5.74) is 3.46. The fourth-order valence-electron chi connectivity index (χ4n) is 4.71. The number of nitrogens with one attached hydrogen (secondary N) is 1. The lowest BCUT2D eigenvalue weighted by molar-refractivity contribution is 0.0686. The van der Waals surface area contributed by atoms with Gasteiger partial charge in [0.05, 0.1) is 11.6 Å². The smallest absolute Gasteiger partial charge is 0.257 e. The van der Waals surface area contributed by atoms with Crippen LogP contribution < -0.4 is 9.47 Å². The molecule has 1 aromatic heterocycles. The molecule has 0 spiro atoms. The number of carbonyl (C=O) groups excluding carboxylic acids is 1. The molecule has 0 radical (unpaired) electrons. The summed E-state index contributed by atoms with van der Waals surface area (Å²) in [6.07, 6.45) is 0.600. The summed E-state index contributed by atoms with van der Waals surface area (Å²) >= 11 is 0. The van der Waals surface area contributed by atoms with E-state index in [1.807, 2.05) is 36.4 Å². The van der Waals surface area contributed by atoms with Crippen LogP contribution >= 0.6 is 0 Å². The van der Waals surface area contributed by atoms with Crippen LogP contribution in [0, 0.1) is 11.6 Å². The number of fused-ring (bicyclic) bond motifs is 4. The van der Waals surface area contributed by atoms with Crippen molar-refractivity contribution in [2.45, 2.75) is 12.5 Å². The number of ether oxygens (including phenoxy) is 2. The van der Waals surface area contributed by atoms with Crippen LogP contribution in [0.1, 0.15) is 33.2 Å². The monoisotopic (exact) mass is 432 g/mol. The number of benzene rings is 3. The quantitative estimate of drug-likeness (QED) is 0.487. The van der Waals surface area contributed by atoms with Crippen LogP contribution in [-0.2, 0) is 6.42 Å². The van der Waals surface area contributed by atoms with Gasteiger partial charge in [-0.3, -0.25) is 4.79 Å². The van der Waals surface area contributed by atoms with E-state index in [1.54, 1.807) is 11.0 Å². The normalized spacial score (nSPS) is 16.9. The number of halogens is 2. The topological polar surface area (TPSA) is 54.6 Å². The first-order valence-electron chi connectivity index (χ1n) is 10.4. The molecular formula is C25H18F2N2O3. The van der Waals surface area contributed by atoms with Gasteiger partial charge in [0, 0.05) is 23.1 Å². The molecule has 2 aliphatic rings. The maximum atomic E-state index is 14.5. The molecule has 3 heterocycles. The Morgan fingerprint density at radius 1 is 1.00 bits per heavy atom. The lowest BCUT2D eigenvalue weighted by Gasteiger charge is -2.36. The minimum atomic E-state index is -0.747. The molecule has 160 valence electrons. The molecule has 0 aliphatic carbocycles. The Kier molecular flexibility index (Phi) is 4.18. The van der Waals surface area contributed by atoms with Gasteiger partial charge in [0.2, 0.25) is 6.79 Å². The van der Waals surface area contributed by atoms with E-state index in [4.69, 9.17) is 9.47 Å². The van der Waals surface area contributed by atoms with Crippen LogP contribution in [0.2, 0.25) is 0 Å². The van der Waals surface area contributed by atoms with Crippen molar-refractivity contribution in [3.63, 3.8) is 0 Å². The highest BCUT2D eigenvalue weighted by molar-refractivity contribution is 5.96. The first-order valence-corrected chi connectivity index (χ1v) is 10.4. The third-order valence-electron chi connectivity index (χ3n) is 6.17. The number of hydrogen-bond acceptors (Lipinski definition) is 3. The fourth-order valence-corrected chi connectivity index (χ4v) is 4.71. The van der Waals surface area contributed by atoms with Crippen molar-refractivity contribution < 1.29 is 23.0 Å². The maximum Gasteiger partial charge on any atom is 0.257 e. The standard InChI is InChI=1S/C25H18F2N2O3/c26-15-6-7-19(27)18(12-15)25(30)29-10-9-17-16-3-1-2-4-20(16)28-23(17)24(29)14-5-8-21-22(11-14)32-13-31-21/h1-8,11-12,24,28H,9-10,13H2/t24-/m1/s1. The van der Waals surface area contributed by atoms with Gasteiger partial charge in [-0.15, -0.1) is 0 Å². The number of para-hydroxylation sites is 1. The van der Waals surface area contributed by atoms with Gasteiger partial charge in [-0.1, -0.05) is 24.3 Å². The molecule has 1 amide bonds. The van der Waals surface area contributed by atoms with Gasteiger partial charge in [-0.25, -0.2) is 8.78 Å². The van der Waals surface area contributed by atoms with Crippen molar-refractivity contribution in [1.29, 1.82) is 0 Å². The van der Waals surface area contributed by atoms with E-state index in [-0.39, 0.29) is 12.4 Å². The van der Waals surface area contributed by atoms with Crippen LogP contribution in [-0.4, -0.2) is 29.1 Å². The number of H-pyrrole nitrogens is 1. The second-order valence-corrected chi connectivity index (χ2v) is 7.95. The fraction of sp³-hybridized carbons (Fsp3) is 0.160. The molecule has 4 aromatic rings. The van der Waals surface area contributed by atoms with E-state index in [9.17, 15) is 13.6 Å². The Morgan fingerprint density at radius 3 is 2.75 bits per heavy atom. The van der Waals surface area contributed by atoms with Crippen LogP contribution in [0.3, 0.4) is 0 Å². The van der Waals surface area contributed by atoms with Crippen LogP contribution in [0.5, 0.6) is 11.5 Å². The Morgan fingerprint density at radius 2 is 1.84 bits per heavy atom. The largest absolute Gasteiger partial charge is 0.454 e. The zero-order valence-electron chi connectivity index (χ0n) is 16.9. The highest BCUT2D eigenvalue weighted by Crippen LogP contribution is 2.42. The summed E-state index contributed by atoms with van der Waals surface area (Å²) in [7, 11) is 0. The summed E-state index contributed by atoms with van der Waals surface area (Å²) in [4.78, 5) is 18.5. The predicted molar refractivity (Wildman–Crippen MR) is 114 cm³/mol. The van der Waals surface area contributed by atoms with E-state index >= 15 is 0 Å². The molecular weight excluding hydrogens is 414 g/mol. The number of amides is 1. The van der Waals surface area contributed by atoms with Crippen molar-refractivity contribution in [3.8, 4) is 11.5 Å². The minimum absolute atomic E-state index is 0.137. The highest BCUT2D eigenvalue weighted by Gasteiger charge is 2.36. The minimum Gasteiger partial charge on any atom is -0.454 e. The van der Waals surface area contributed by atoms with E-state index in [0.29, 0.717) is 24.5 Å². The van der Waals surface area contributed by atoms with Gasteiger partial charge in [0.15, 0.2) is 11.5 Å². The first kappa shape index (κ1) is 18.9. The van der Waals surface area contributed by atoms with Crippen molar-refractivity contribution in [2.75, 3.05) is 13.3 Å². The third-order valence-corrected chi connectivity index (χ3v) is 6.17. The Bertz CT molecular complexity index is 1380. The van der Waals surface area contributed by atoms with Crippen LogP contribution in [0.4, 0.5) is 8.78 Å². The summed E-state index contributed by atoms with van der Waals surface area (Å²) < 4.78 is 39.3. The maximum absolute atomic E-state index is 14.5. The van der Waals surface area contributed by atoms with Gasteiger partial charge in [-0.2, -0.15) is 0 Å². The van der Waals surface area contributed by atoms with Gasteiger partial charge in [0.1, 0.15) is 11.6 Å². The number of aromatic nitrogens is 1. The molecule has 0 unspecified atom stereocenters. The SMILES string of the molecule is O=C(c1cc(F)ccc1F)N1CCc2c([nH]c3ccccc23)[C@H]1c1ccc2c(c1)OCO2. The van der Waals surface area contributed by atoms with E-state index in [2.05, 4.69) is 4.98 Å². The molecule has 0 saturated carbocycles. The molecule has 1 N–H and O–H groups in total. The van der Waals surface area contributed by atoms with Crippen molar-refractivity contribution >= 4 is 16.8 Å². The lowest BCUT2D eigenvalue weighted by atomic mass is 9.91. The average molecular weight is 432 g/mol. The molecule has 0 saturated heterocycles. The van der Waals surface area contributed by atoms with E-state index in [0.717, 1.165) is 45.9 Å². The highest BCUT2D eigenvalue weighted by atomic mass is 19.1. The summed E-state index contributed by atoms with van der Waals surface area (Å²) in [5.74, 6) is -0.736. The Hall–Kier alpha value is -3.87. The van der Waals surface area contributed by atoms with Crippen molar-refractivity contribution in [2.24, 2.45) is 0 Å². The zero-order valence-corrected chi connectivity index (χ0v) is 16.9. The van der Waals surface area contributed by atoms with Crippen molar-refractivity contribution in [3.05, 3.63) is 94.7 Å². The molecule has 3 aromatic carbocycles. The molecule has 7 heteroatoms. The lowest BCUT2D eigenvalue weighted by Crippen LogP contribution is -2.41. The second kappa shape index (κ2) is 7.09.